The van der Waals surface area contributed by atoms with Crippen molar-refractivity contribution in [2.75, 3.05) is 11.9 Å². The second kappa shape index (κ2) is 9.32. The number of carbonyl (C=O) groups is 1. The van der Waals surface area contributed by atoms with E-state index in [-0.39, 0.29) is 23.3 Å². The molecule has 160 valence electrons. The molecule has 1 aliphatic heterocycles. The van der Waals surface area contributed by atoms with Crippen molar-refractivity contribution in [2.45, 2.75) is 62.7 Å². The molecule has 1 fully saturated rings. The normalized spacial score (nSPS) is 17.5. The Hall–Kier alpha value is -2.17. The highest BCUT2D eigenvalue weighted by Gasteiger charge is 2.25. The predicted octanol–water partition coefficient (Wildman–Crippen LogP) is 4.08. The maximum absolute atomic E-state index is 12.8. The number of amides is 1. The summed E-state index contributed by atoms with van der Waals surface area (Å²) in [6.45, 7) is 7.43. The van der Waals surface area contributed by atoms with E-state index in [1.54, 1.807) is 22.2 Å². The highest BCUT2D eigenvalue weighted by atomic mass is 32.2. The zero-order valence-corrected chi connectivity index (χ0v) is 18.9. The van der Waals surface area contributed by atoms with Crippen LogP contribution in [0.25, 0.3) is 10.7 Å². The summed E-state index contributed by atoms with van der Waals surface area (Å²) in [4.78, 5) is 13.9. The fraction of sp³-hybridized carbons (Fsp3) is 0.500. The molecule has 1 N–H and O–H groups in total. The fourth-order valence-electron chi connectivity index (χ4n) is 3.38. The first-order valence-corrected chi connectivity index (χ1v) is 11.9. The summed E-state index contributed by atoms with van der Waals surface area (Å²) in [5, 5.41) is 18.5. The second-order valence-corrected chi connectivity index (χ2v) is 9.79. The maximum atomic E-state index is 12.8. The Labute approximate surface area is 184 Å². The minimum atomic E-state index is -0.343. The summed E-state index contributed by atoms with van der Waals surface area (Å²) in [6.07, 6.45) is 3.95. The second-order valence-electron chi connectivity index (χ2n) is 7.53. The van der Waals surface area contributed by atoms with Crippen LogP contribution in [0, 0.1) is 0 Å². The van der Waals surface area contributed by atoms with Crippen LogP contribution in [0.4, 0.5) is 5.82 Å². The van der Waals surface area contributed by atoms with E-state index in [0.717, 1.165) is 35.3 Å². The van der Waals surface area contributed by atoms with Crippen LogP contribution in [0.1, 0.15) is 39.7 Å². The predicted molar refractivity (Wildman–Crippen MR) is 119 cm³/mol. The first-order valence-electron chi connectivity index (χ1n) is 10.1. The Morgan fingerprint density at radius 1 is 1.37 bits per heavy atom. The van der Waals surface area contributed by atoms with Crippen LogP contribution in [0.3, 0.4) is 0 Å². The molecule has 3 aromatic heterocycles. The van der Waals surface area contributed by atoms with Crippen LogP contribution in [0.2, 0.25) is 0 Å². The smallest absolute Gasteiger partial charge is 0.238 e. The number of hydrogen-bond acceptors (Lipinski definition) is 7. The highest BCUT2D eigenvalue weighted by molar-refractivity contribution is 8.00. The average molecular weight is 447 g/mol. The molecule has 2 unspecified atom stereocenters. The molecule has 0 bridgehead atoms. The largest absolute Gasteiger partial charge is 0.376 e. The first-order chi connectivity index (χ1) is 14.5. The SMILES string of the molecule is CC(Sc1nnc(-c2cccs2)n1CC1CCCO1)C(=O)Nc1ccnn1C(C)C. The highest BCUT2D eigenvalue weighted by Crippen LogP contribution is 2.31. The molecule has 8 nitrogen and oxygen atoms in total. The molecule has 0 aliphatic carbocycles. The zero-order valence-electron chi connectivity index (χ0n) is 17.3. The van der Waals surface area contributed by atoms with Crippen LogP contribution in [0.5, 0.6) is 0 Å². The minimum absolute atomic E-state index is 0.0910. The van der Waals surface area contributed by atoms with Gasteiger partial charge in [-0.25, -0.2) is 4.68 Å². The van der Waals surface area contributed by atoms with Gasteiger partial charge in [0, 0.05) is 18.7 Å². The van der Waals surface area contributed by atoms with Gasteiger partial charge in [-0.1, -0.05) is 17.8 Å². The van der Waals surface area contributed by atoms with Gasteiger partial charge >= 0.3 is 0 Å². The van der Waals surface area contributed by atoms with Crippen LogP contribution >= 0.6 is 23.1 Å². The molecule has 0 radical (unpaired) electrons. The number of anilines is 1. The Balaban J connectivity index is 1.51. The molecular weight excluding hydrogens is 420 g/mol. The van der Waals surface area contributed by atoms with Gasteiger partial charge in [0.2, 0.25) is 5.91 Å². The van der Waals surface area contributed by atoms with E-state index >= 15 is 0 Å². The summed E-state index contributed by atoms with van der Waals surface area (Å²) in [7, 11) is 0. The lowest BCUT2D eigenvalue weighted by atomic mass is 10.2. The molecule has 10 heteroatoms. The quantitative estimate of drug-likeness (QED) is 0.525. The van der Waals surface area contributed by atoms with E-state index in [9.17, 15) is 4.79 Å². The summed E-state index contributed by atoms with van der Waals surface area (Å²) in [5.41, 5.74) is 0. The van der Waals surface area contributed by atoms with Gasteiger partial charge in [-0.2, -0.15) is 5.10 Å². The average Bonchev–Trinajstić information content (AvgIpc) is 3.51. The third kappa shape index (κ3) is 4.60. The Kier molecular flexibility index (Phi) is 6.55. The third-order valence-corrected chi connectivity index (χ3v) is 6.88. The molecule has 3 aromatic rings. The van der Waals surface area contributed by atoms with Crippen molar-refractivity contribution >= 4 is 34.8 Å². The number of nitrogens with zero attached hydrogens (tertiary/aromatic N) is 5. The number of hydrogen-bond donors (Lipinski definition) is 1. The van der Waals surface area contributed by atoms with Gasteiger partial charge in [-0.3, -0.25) is 9.36 Å². The summed E-state index contributed by atoms with van der Waals surface area (Å²) >= 11 is 3.04. The van der Waals surface area contributed by atoms with Gasteiger partial charge in [0.05, 0.1) is 29.0 Å². The third-order valence-electron chi connectivity index (χ3n) is 4.93. The van der Waals surface area contributed by atoms with E-state index < -0.39 is 0 Å². The zero-order chi connectivity index (χ0) is 21.1. The molecular formula is C20H26N6O2S2. The van der Waals surface area contributed by atoms with E-state index in [0.29, 0.717) is 12.4 Å². The first kappa shape index (κ1) is 21.1. The van der Waals surface area contributed by atoms with Crippen LogP contribution in [-0.4, -0.2) is 48.4 Å². The van der Waals surface area contributed by atoms with Crippen molar-refractivity contribution in [3.8, 4) is 10.7 Å². The van der Waals surface area contributed by atoms with Crippen molar-refractivity contribution in [1.82, 2.24) is 24.5 Å². The molecule has 1 saturated heterocycles. The molecule has 4 heterocycles. The van der Waals surface area contributed by atoms with Gasteiger partial charge in [0.25, 0.3) is 0 Å². The van der Waals surface area contributed by atoms with Crippen molar-refractivity contribution in [2.24, 2.45) is 0 Å². The lowest BCUT2D eigenvalue weighted by Crippen LogP contribution is -2.25. The van der Waals surface area contributed by atoms with Crippen molar-refractivity contribution in [1.29, 1.82) is 0 Å². The molecule has 2 atom stereocenters. The number of ether oxygens (including phenoxy) is 1. The maximum Gasteiger partial charge on any atom is 0.238 e. The minimum Gasteiger partial charge on any atom is -0.376 e. The van der Waals surface area contributed by atoms with E-state index in [2.05, 4.69) is 25.2 Å². The van der Waals surface area contributed by atoms with Gasteiger partial charge in [0.15, 0.2) is 11.0 Å². The van der Waals surface area contributed by atoms with Crippen molar-refractivity contribution < 1.29 is 9.53 Å². The van der Waals surface area contributed by atoms with E-state index in [1.165, 1.54) is 11.8 Å². The van der Waals surface area contributed by atoms with Gasteiger partial charge in [-0.05, 0) is 45.1 Å². The summed E-state index contributed by atoms with van der Waals surface area (Å²) in [5.74, 6) is 1.43. The molecule has 1 aliphatic rings. The number of thiophene rings is 1. The number of rotatable bonds is 8. The number of nitrogens with one attached hydrogen (secondary N) is 1. The van der Waals surface area contributed by atoms with Gasteiger partial charge < -0.3 is 10.1 Å². The molecule has 0 aromatic carbocycles. The Morgan fingerprint density at radius 2 is 2.23 bits per heavy atom. The Bertz CT molecular complexity index is 976. The number of carbonyl (C=O) groups excluding carboxylic acids is 1. The molecule has 4 rings (SSSR count). The molecule has 0 spiro atoms. The standard InChI is InChI=1S/C20H26N6O2S2/c1-13(2)26-17(8-9-21-26)22-19(27)14(3)30-20-24-23-18(16-7-5-11-29-16)25(20)12-15-6-4-10-28-15/h5,7-9,11,13-15H,4,6,10,12H2,1-3H3,(H,22,27). The molecule has 1 amide bonds. The Morgan fingerprint density at radius 3 is 2.93 bits per heavy atom. The van der Waals surface area contributed by atoms with Crippen LogP contribution in [-0.2, 0) is 16.1 Å². The van der Waals surface area contributed by atoms with E-state index in [1.807, 2.05) is 44.4 Å². The van der Waals surface area contributed by atoms with Crippen molar-refractivity contribution in [3.63, 3.8) is 0 Å². The summed E-state index contributed by atoms with van der Waals surface area (Å²) in [6, 6.07) is 6.02. The van der Waals surface area contributed by atoms with Gasteiger partial charge in [0.1, 0.15) is 5.82 Å². The lowest BCUT2D eigenvalue weighted by Gasteiger charge is -2.17. The van der Waals surface area contributed by atoms with Crippen molar-refractivity contribution in [3.05, 3.63) is 29.8 Å². The van der Waals surface area contributed by atoms with Gasteiger partial charge in [-0.15, -0.1) is 21.5 Å². The van der Waals surface area contributed by atoms with Crippen LogP contribution in [0.15, 0.2) is 34.9 Å². The van der Waals surface area contributed by atoms with Crippen LogP contribution < -0.4 is 5.32 Å². The molecule has 0 saturated carbocycles. The van der Waals surface area contributed by atoms with E-state index in [4.69, 9.17) is 4.74 Å². The number of thioether (sulfide) groups is 1. The topological polar surface area (TPSA) is 86.9 Å². The number of aromatic nitrogens is 5. The molecule has 30 heavy (non-hydrogen) atoms. The monoisotopic (exact) mass is 446 g/mol. The lowest BCUT2D eigenvalue weighted by molar-refractivity contribution is -0.115. The summed E-state index contributed by atoms with van der Waals surface area (Å²) < 4.78 is 9.73. The fourth-order valence-corrected chi connectivity index (χ4v) is 4.96.